The molecule has 1 heterocycles. The fourth-order valence-electron chi connectivity index (χ4n) is 2.26. The number of fused-ring (bicyclic) bond motifs is 1. The van der Waals surface area contributed by atoms with Crippen LogP contribution in [0.1, 0.15) is 55.1 Å². The number of ketones is 1. The third-order valence-electron chi connectivity index (χ3n) is 3.33. The van der Waals surface area contributed by atoms with Crippen LogP contribution in [0.25, 0.3) is 0 Å². The van der Waals surface area contributed by atoms with Crippen LogP contribution in [0, 0.1) is 0 Å². The van der Waals surface area contributed by atoms with Gasteiger partial charge in [-0.15, -0.1) is 0 Å². The molecule has 0 fully saturated rings. The normalized spacial score (nSPS) is 18.1. The van der Waals surface area contributed by atoms with Gasteiger partial charge in [-0.25, -0.2) is 0 Å². The number of carbonyl (C=O) groups excluding carboxylic acids is 2. The van der Waals surface area contributed by atoms with Crippen LogP contribution in [0.4, 0.5) is 0 Å². The fraction of sp³-hybridized carbons (Fsp3) is 0.467. The van der Waals surface area contributed by atoms with Gasteiger partial charge < -0.3 is 10.4 Å². The van der Waals surface area contributed by atoms with Gasteiger partial charge in [-0.05, 0) is 31.9 Å². The highest BCUT2D eigenvalue weighted by atomic mass is 16.3. The molecule has 19 heavy (non-hydrogen) atoms. The minimum absolute atomic E-state index is 0.0594. The van der Waals surface area contributed by atoms with E-state index in [0.717, 1.165) is 5.56 Å². The van der Waals surface area contributed by atoms with Crippen molar-refractivity contribution < 1.29 is 14.7 Å². The van der Waals surface area contributed by atoms with Crippen LogP contribution in [0.15, 0.2) is 24.3 Å². The lowest BCUT2D eigenvalue weighted by Crippen LogP contribution is -2.23. The highest BCUT2D eigenvalue weighted by Gasteiger charge is 2.29. The number of Topliss-reactive ketones (excluding diaryl/α,β-unsaturated/α-hetero) is 1. The van der Waals surface area contributed by atoms with Gasteiger partial charge in [0.2, 0.25) is 0 Å². The van der Waals surface area contributed by atoms with Gasteiger partial charge in [-0.3, -0.25) is 9.59 Å². The number of aliphatic hydroxyl groups is 1. The summed E-state index contributed by atoms with van der Waals surface area (Å²) >= 11 is 0. The Morgan fingerprint density at radius 2 is 2.05 bits per heavy atom. The van der Waals surface area contributed by atoms with E-state index in [1.54, 1.807) is 19.9 Å². The first-order valence-electron chi connectivity index (χ1n) is 6.51. The van der Waals surface area contributed by atoms with Gasteiger partial charge in [0.15, 0.2) is 0 Å². The summed E-state index contributed by atoms with van der Waals surface area (Å²) in [5.74, 6) is -0.0555. The van der Waals surface area contributed by atoms with Crippen molar-refractivity contribution >= 4 is 11.7 Å². The van der Waals surface area contributed by atoms with E-state index in [0.29, 0.717) is 24.8 Å². The second-order valence-electron chi connectivity index (χ2n) is 5.67. The molecule has 0 radical (unpaired) electrons. The van der Waals surface area contributed by atoms with E-state index in [9.17, 15) is 14.7 Å². The highest BCUT2D eigenvalue weighted by molar-refractivity contribution is 5.99. The molecule has 0 bridgehead atoms. The molecular formula is C15H19NO3. The van der Waals surface area contributed by atoms with Crippen LogP contribution in [0.5, 0.6) is 0 Å². The van der Waals surface area contributed by atoms with Crippen molar-refractivity contribution in [3.8, 4) is 0 Å². The van der Waals surface area contributed by atoms with Crippen LogP contribution in [-0.2, 0) is 4.79 Å². The van der Waals surface area contributed by atoms with Crippen LogP contribution >= 0.6 is 0 Å². The maximum Gasteiger partial charge on any atom is 0.252 e. The standard InChI is InChI=1S/C15H19NO3/c1-15(2,19)8-7-10(17)9-13-11-5-3-4-6-12(11)14(18)16-13/h3-6,13,19H,7-9H2,1-2H3,(H,16,18). The lowest BCUT2D eigenvalue weighted by molar-refractivity contribution is -0.120. The summed E-state index contributed by atoms with van der Waals surface area (Å²) in [5.41, 5.74) is 0.721. The van der Waals surface area contributed by atoms with Crippen LogP contribution in [0.3, 0.4) is 0 Å². The van der Waals surface area contributed by atoms with Crippen molar-refractivity contribution in [3.63, 3.8) is 0 Å². The van der Waals surface area contributed by atoms with Crippen LogP contribution < -0.4 is 5.32 Å². The smallest absolute Gasteiger partial charge is 0.252 e. The molecule has 1 aromatic rings. The maximum atomic E-state index is 11.9. The summed E-state index contributed by atoms with van der Waals surface area (Å²) in [7, 11) is 0. The Morgan fingerprint density at radius 1 is 1.37 bits per heavy atom. The molecule has 1 aromatic carbocycles. The molecule has 0 spiro atoms. The zero-order valence-electron chi connectivity index (χ0n) is 11.3. The number of carbonyl (C=O) groups is 2. The van der Waals surface area contributed by atoms with Gasteiger partial charge in [0.25, 0.3) is 5.91 Å². The number of hydrogen-bond acceptors (Lipinski definition) is 3. The van der Waals surface area contributed by atoms with E-state index in [2.05, 4.69) is 5.32 Å². The Hall–Kier alpha value is -1.68. The zero-order valence-corrected chi connectivity index (χ0v) is 11.3. The Labute approximate surface area is 112 Å². The van der Waals surface area contributed by atoms with Gasteiger partial charge in [0.05, 0.1) is 11.6 Å². The van der Waals surface area contributed by atoms with Gasteiger partial charge in [0.1, 0.15) is 5.78 Å². The summed E-state index contributed by atoms with van der Waals surface area (Å²) in [6.45, 7) is 3.37. The summed E-state index contributed by atoms with van der Waals surface area (Å²) < 4.78 is 0. The number of benzene rings is 1. The first kappa shape index (κ1) is 13.7. The van der Waals surface area contributed by atoms with Crippen molar-refractivity contribution in [1.82, 2.24) is 5.32 Å². The molecule has 4 heteroatoms. The van der Waals surface area contributed by atoms with E-state index in [1.165, 1.54) is 0 Å². The molecule has 1 aliphatic heterocycles. The monoisotopic (exact) mass is 261 g/mol. The Morgan fingerprint density at radius 3 is 2.74 bits per heavy atom. The van der Waals surface area contributed by atoms with Gasteiger partial charge >= 0.3 is 0 Å². The molecular weight excluding hydrogens is 242 g/mol. The van der Waals surface area contributed by atoms with Crippen LogP contribution in [-0.4, -0.2) is 22.4 Å². The quantitative estimate of drug-likeness (QED) is 0.851. The predicted octanol–water partition coefficient (Wildman–Crippen LogP) is 1.98. The molecule has 0 saturated heterocycles. The molecule has 2 N–H and O–H groups in total. The SMILES string of the molecule is CC(C)(O)CCC(=O)CC1NC(=O)c2ccccc21. The van der Waals surface area contributed by atoms with Gasteiger partial charge in [0, 0.05) is 18.4 Å². The van der Waals surface area contributed by atoms with Gasteiger partial charge in [-0.1, -0.05) is 18.2 Å². The van der Waals surface area contributed by atoms with E-state index in [-0.39, 0.29) is 17.7 Å². The van der Waals surface area contributed by atoms with E-state index in [4.69, 9.17) is 0 Å². The molecule has 1 atom stereocenters. The van der Waals surface area contributed by atoms with Crippen molar-refractivity contribution in [2.24, 2.45) is 0 Å². The predicted molar refractivity (Wildman–Crippen MR) is 71.8 cm³/mol. The number of rotatable bonds is 5. The Balaban J connectivity index is 1.98. The third kappa shape index (κ3) is 3.41. The molecule has 0 aromatic heterocycles. The largest absolute Gasteiger partial charge is 0.390 e. The Bertz CT molecular complexity index is 502. The molecule has 4 nitrogen and oxygen atoms in total. The summed E-state index contributed by atoms with van der Waals surface area (Å²) in [6, 6.07) is 7.11. The van der Waals surface area contributed by atoms with E-state index < -0.39 is 5.60 Å². The Kier molecular flexibility index (Phi) is 3.71. The van der Waals surface area contributed by atoms with Crippen molar-refractivity contribution in [3.05, 3.63) is 35.4 Å². The molecule has 0 aliphatic carbocycles. The summed E-state index contributed by atoms with van der Waals surface area (Å²) in [5, 5.41) is 12.4. The fourth-order valence-corrected chi connectivity index (χ4v) is 2.26. The molecule has 1 amide bonds. The lowest BCUT2D eigenvalue weighted by Gasteiger charge is -2.17. The minimum atomic E-state index is -0.827. The summed E-state index contributed by atoms with van der Waals surface area (Å²) in [4.78, 5) is 23.6. The number of nitrogens with one attached hydrogen (secondary N) is 1. The summed E-state index contributed by atoms with van der Waals surface area (Å²) in [6.07, 6.45) is 1.06. The van der Waals surface area contributed by atoms with E-state index in [1.807, 2.05) is 18.2 Å². The van der Waals surface area contributed by atoms with Crippen molar-refractivity contribution in [2.45, 2.75) is 44.8 Å². The first-order valence-corrected chi connectivity index (χ1v) is 6.51. The molecule has 102 valence electrons. The van der Waals surface area contributed by atoms with E-state index >= 15 is 0 Å². The molecule has 2 rings (SSSR count). The highest BCUT2D eigenvalue weighted by Crippen LogP contribution is 2.28. The van der Waals surface area contributed by atoms with Crippen LogP contribution in [0.2, 0.25) is 0 Å². The third-order valence-corrected chi connectivity index (χ3v) is 3.33. The van der Waals surface area contributed by atoms with Crippen molar-refractivity contribution in [2.75, 3.05) is 0 Å². The van der Waals surface area contributed by atoms with Crippen molar-refractivity contribution in [1.29, 1.82) is 0 Å². The minimum Gasteiger partial charge on any atom is -0.390 e. The lowest BCUT2D eigenvalue weighted by atomic mass is 9.96. The van der Waals surface area contributed by atoms with Gasteiger partial charge in [-0.2, -0.15) is 0 Å². The second-order valence-corrected chi connectivity index (χ2v) is 5.67. The average molecular weight is 261 g/mol. The topological polar surface area (TPSA) is 66.4 Å². The molecule has 1 unspecified atom stereocenters. The maximum absolute atomic E-state index is 11.9. The first-order chi connectivity index (χ1) is 8.87. The average Bonchev–Trinajstić information content (AvgIpc) is 2.64. The second kappa shape index (κ2) is 5.13. The molecule has 0 saturated carbocycles. The number of amides is 1. The molecule has 1 aliphatic rings. The number of hydrogen-bond donors (Lipinski definition) is 2. The zero-order chi connectivity index (χ0) is 14.0.